The molecule has 2 aromatic rings. The molecule has 3 N–H and O–H groups in total. The highest BCUT2D eigenvalue weighted by molar-refractivity contribution is 6.02. The van der Waals surface area contributed by atoms with Gasteiger partial charge in [-0.25, -0.2) is 5.43 Å². The molecule has 0 saturated carbocycles. The van der Waals surface area contributed by atoms with Crippen molar-refractivity contribution in [3.8, 4) is 23.3 Å². The van der Waals surface area contributed by atoms with Crippen LogP contribution in [0.4, 0.5) is 0 Å². The molecule has 0 radical (unpaired) electrons. The minimum Gasteiger partial charge on any atom is -0.507 e. The number of rotatable bonds is 5. The monoisotopic (exact) mass is 337 g/mol. The van der Waals surface area contributed by atoms with Crippen LogP contribution in [0.2, 0.25) is 0 Å². The van der Waals surface area contributed by atoms with E-state index in [0.29, 0.717) is 11.1 Å². The summed E-state index contributed by atoms with van der Waals surface area (Å²) in [5.74, 6) is -0.507. The summed E-state index contributed by atoms with van der Waals surface area (Å²) >= 11 is 0. The number of hydrogen-bond donors (Lipinski definition) is 3. The molecule has 0 bridgehead atoms. The highest BCUT2D eigenvalue weighted by Gasteiger charge is 2.09. The summed E-state index contributed by atoms with van der Waals surface area (Å²) in [5.41, 5.74) is 2.97. The van der Waals surface area contributed by atoms with Gasteiger partial charge in [-0.05, 0) is 35.9 Å². The van der Waals surface area contributed by atoms with Gasteiger partial charge in [0, 0.05) is 5.56 Å². The predicted octanol–water partition coefficient (Wildman–Crippen LogP) is 2.16. The lowest BCUT2D eigenvalue weighted by atomic mass is 10.1. The summed E-state index contributed by atoms with van der Waals surface area (Å²) in [6.45, 7) is 0. The van der Waals surface area contributed by atoms with E-state index in [1.807, 2.05) is 0 Å². The van der Waals surface area contributed by atoms with Crippen LogP contribution in [0.3, 0.4) is 0 Å². The van der Waals surface area contributed by atoms with Gasteiger partial charge in [-0.3, -0.25) is 4.79 Å². The summed E-state index contributed by atoms with van der Waals surface area (Å²) < 4.78 is 4.98. The molecule has 0 aliphatic carbocycles. The molecule has 0 atom stereocenters. The zero-order chi connectivity index (χ0) is 18.2. The van der Waals surface area contributed by atoms with E-state index in [1.54, 1.807) is 24.3 Å². The maximum absolute atomic E-state index is 12.0. The number of methoxy groups -OCH3 is 1. The van der Waals surface area contributed by atoms with E-state index in [1.165, 1.54) is 43.7 Å². The highest BCUT2D eigenvalue weighted by atomic mass is 16.5. The smallest absolute Gasteiger partial charge is 0.282 e. The summed E-state index contributed by atoms with van der Waals surface area (Å²) in [4.78, 5) is 12.0. The number of ether oxygens (including phenoxy) is 1. The topological polar surface area (TPSA) is 115 Å². The number of phenolic OH excluding ortho intramolecular Hbond substituents is 2. The van der Waals surface area contributed by atoms with Crippen LogP contribution in [0.25, 0.3) is 6.08 Å². The second-order valence-electron chi connectivity index (χ2n) is 4.86. The molecule has 0 heterocycles. The van der Waals surface area contributed by atoms with E-state index >= 15 is 0 Å². The number of amides is 1. The molecule has 0 saturated heterocycles. The summed E-state index contributed by atoms with van der Waals surface area (Å²) in [7, 11) is 1.40. The quantitative estimate of drug-likeness (QED) is 0.335. The van der Waals surface area contributed by atoms with Crippen molar-refractivity contribution >= 4 is 18.2 Å². The van der Waals surface area contributed by atoms with Gasteiger partial charge in [0.05, 0.1) is 13.3 Å². The fourth-order valence-electron chi connectivity index (χ4n) is 1.92. The molecule has 1 amide bonds. The molecule has 0 spiro atoms. The Labute approximate surface area is 144 Å². The first kappa shape index (κ1) is 17.6. The number of aromatic hydroxyl groups is 2. The number of carbonyl (C=O) groups excluding carboxylic acids is 1. The third kappa shape index (κ3) is 4.59. The van der Waals surface area contributed by atoms with Crippen LogP contribution in [0.5, 0.6) is 17.2 Å². The summed E-state index contributed by atoms with van der Waals surface area (Å²) in [6.07, 6.45) is 2.61. The van der Waals surface area contributed by atoms with Crippen LogP contribution in [-0.2, 0) is 4.79 Å². The van der Waals surface area contributed by atoms with Gasteiger partial charge in [0.1, 0.15) is 17.4 Å². The van der Waals surface area contributed by atoms with Gasteiger partial charge in [-0.1, -0.05) is 18.2 Å². The van der Waals surface area contributed by atoms with Crippen molar-refractivity contribution in [2.75, 3.05) is 7.11 Å². The van der Waals surface area contributed by atoms with Crippen molar-refractivity contribution in [2.45, 2.75) is 0 Å². The number of nitrogens with one attached hydrogen (secondary N) is 1. The van der Waals surface area contributed by atoms with Crippen LogP contribution in [0.15, 0.2) is 53.1 Å². The molecule has 7 heteroatoms. The first-order chi connectivity index (χ1) is 12.0. The largest absolute Gasteiger partial charge is 0.507 e. The average molecular weight is 337 g/mol. The van der Waals surface area contributed by atoms with Crippen LogP contribution in [0.1, 0.15) is 11.1 Å². The van der Waals surface area contributed by atoms with E-state index < -0.39 is 5.91 Å². The molecule has 7 nitrogen and oxygen atoms in total. The van der Waals surface area contributed by atoms with E-state index in [-0.39, 0.29) is 22.8 Å². The Kier molecular flexibility index (Phi) is 5.74. The Balaban J connectivity index is 2.13. The summed E-state index contributed by atoms with van der Waals surface area (Å²) in [6, 6.07) is 12.7. The van der Waals surface area contributed by atoms with Gasteiger partial charge in [-0.15, -0.1) is 0 Å². The Bertz CT molecular complexity index is 882. The number of hydrazone groups is 1. The van der Waals surface area contributed by atoms with Gasteiger partial charge in [0.25, 0.3) is 5.91 Å². The lowest BCUT2D eigenvalue weighted by molar-refractivity contribution is -0.117. The molecule has 0 aromatic heterocycles. The number of hydrogen-bond acceptors (Lipinski definition) is 6. The fourth-order valence-corrected chi connectivity index (χ4v) is 1.92. The minimum atomic E-state index is -0.707. The number of nitrogens with zero attached hydrogens (tertiary/aromatic N) is 2. The third-order valence-corrected chi connectivity index (χ3v) is 3.19. The molecule has 0 fully saturated rings. The minimum absolute atomic E-state index is 0.0211. The predicted molar refractivity (Wildman–Crippen MR) is 92.1 cm³/mol. The lowest BCUT2D eigenvalue weighted by Crippen LogP contribution is -2.19. The SMILES string of the molecule is COc1cc(/C=C(\C#N)C(=O)N/N=C/c2ccccc2O)ccc1O. The molecule has 0 aliphatic heterocycles. The Morgan fingerprint density at radius 3 is 2.68 bits per heavy atom. The fraction of sp³-hybridized carbons (Fsp3) is 0.0556. The first-order valence-electron chi connectivity index (χ1n) is 7.15. The second-order valence-corrected chi connectivity index (χ2v) is 4.86. The Morgan fingerprint density at radius 1 is 1.24 bits per heavy atom. The van der Waals surface area contributed by atoms with Crippen molar-refractivity contribution in [3.05, 3.63) is 59.2 Å². The van der Waals surface area contributed by atoms with Crippen LogP contribution in [-0.4, -0.2) is 29.4 Å². The van der Waals surface area contributed by atoms with Crippen molar-refractivity contribution < 1.29 is 19.7 Å². The van der Waals surface area contributed by atoms with Gasteiger partial charge in [-0.2, -0.15) is 10.4 Å². The van der Waals surface area contributed by atoms with Gasteiger partial charge < -0.3 is 14.9 Å². The van der Waals surface area contributed by atoms with Gasteiger partial charge in [0.15, 0.2) is 11.5 Å². The number of carbonyl (C=O) groups is 1. The number of para-hydroxylation sites is 1. The van der Waals surface area contributed by atoms with Crippen molar-refractivity contribution in [3.63, 3.8) is 0 Å². The average Bonchev–Trinajstić information content (AvgIpc) is 2.62. The number of benzene rings is 2. The lowest BCUT2D eigenvalue weighted by Gasteiger charge is -2.04. The summed E-state index contributed by atoms with van der Waals surface area (Å²) in [5, 5.41) is 32.0. The number of nitriles is 1. The highest BCUT2D eigenvalue weighted by Crippen LogP contribution is 2.27. The zero-order valence-corrected chi connectivity index (χ0v) is 13.3. The van der Waals surface area contributed by atoms with E-state index in [4.69, 9.17) is 10.00 Å². The normalized spacial score (nSPS) is 11.1. The molecular formula is C18H15N3O4. The second kappa shape index (κ2) is 8.17. The van der Waals surface area contributed by atoms with Crippen LogP contribution < -0.4 is 10.2 Å². The Hall–Kier alpha value is -3.79. The maximum atomic E-state index is 12.0. The van der Waals surface area contributed by atoms with Crippen LogP contribution >= 0.6 is 0 Å². The molecule has 0 aliphatic rings. The van der Waals surface area contributed by atoms with Crippen LogP contribution in [0, 0.1) is 11.3 Å². The molecule has 25 heavy (non-hydrogen) atoms. The molecule has 2 rings (SSSR count). The molecule has 0 unspecified atom stereocenters. The van der Waals surface area contributed by atoms with Crippen molar-refractivity contribution in [1.82, 2.24) is 5.43 Å². The van der Waals surface area contributed by atoms with Gasteiger partial charge in [0.2, 0.25) is 0 Å². The maximum Gasteiger partial charge on any atom is 0.282 e. The van der Waals surface area contributed by atoms with E-state index in [0.717, 1.165) is 0 Å². The molecule has 2 aromatic carbocycles. The van der Waals surface area contributed by atoms with Crippen molar-refractivity contribution in [2.24, 2.45) is 5.10 Å². The molecular weight excluding hydrogens is 322 g/mol. The standard InChI is InChI=1S/C18H15N3O4/c1-25-17-9-12(6-7-16(17)23)8-14(10-19)18(24)21-20-11-13-4-2-3-5-15(13)22/h2-9,11,22-23H,1H3,(H,21,24)/b14-8+,20-11+. The van der Waals surface area contributed by atoms with Gasteiger partial charge >= 0.3 is 0 Å². The van der Waals surface area contributed by atoms with Crippen molar-refractivity contribution in [1.29, 1.82) is 5.26 Å². The molecule has 126 valence electrons. The third-order valence-electron chi connectivity index (χ3n) is 3.19. The van der Waals surface area contributed by atoms with E-state index in [2.05, 4.69) is 10.5 Å². The van der Waals surface area contributed by atoms with E-state index in [9.17, 15) is 15.0 Å². The Morgan fingerprint density at radius 2 is 2.00 bits per heavy atom. The first-order valence-corrected chi connectivity index (χ1v) is 7.15. The zero-order valence-electron chi connectivity index (χ0n) is 13.3. The number of phenols is 2.